The Hall–Kier alpha value is -0.603. The van der Waals surface area contributed by atoms with Gasteiger partial charge in [0.1, 0.15) is 0 Å². The highest BCUT2D eigenvalue weighted by Crippen LogP contribution is 2.16. The summed E-state index contributed by atoms with van der Waals surface area (Å²) in [5, 5.41) is 1.41. The lowest BCUT2D eigenvalue weighted by Gasteiger charge is -2.29. The molecule has 0 aliphatic carbocycles. The molecule has 1 aromatic carbocycles. The third-order valence-corrected chi connectivity index (χ3v) is 5.43. The molecule has 0 radical (unpaired) electrons. The van der Waals surface area contributed by atoms with Gasteiger partial charge in [0, 0.05) is 5.60 Å². The van der Waals surface area contributed by atoms with Gasteiger partial charge >= 0.3 is 0 Å². The van der Waals surface area contributed by atoms with Gasteiger partial charge < -0.3 is 4.43 Å². The molecule has 0 aliphatic heterocycles. The molecule has 0 fully saturated rings. The molecule has 0 spiro atoms. The smallest absolute Gasteiger partial charge is 0.211 e. The summed E-state index contributed by atoms with van der Waals surface area (Å²) >= 11 is 0. The lowest BCUT2D eigenvalue weighted by molar-refractivity contribution is 0.130. The summed E-state index contributed by atoms with van der Waals surface area (Å²) in [6, 6.07) is 10.7. The van der Waals surface area contributed by atoms with Crippen molar-refractivity contribution < 1.29 is 4.43 Å². The molecule has 0 aromatic heterocycles. The number of hydrogen-bond acceptors (Lipinski definition) is 1. The Labute approximate surface area is 95.2 Å². The summed E-state index contributed by atoms with van der Waals surface area (Å²) in [6.45, 7) is 10.9. The van der Waals surface area contributed by atoms with Gasteiger partial charge in [-0.2, -0.15) is 0 Å². The number of benzene rings is 1. The van der Waals surface area contributed by atoms with E-state index < -0.39 is 9.04 Å². The molecule has 84 valence electrons. The first kappa shape index (κ1) is 12.5. The van der Waals surface area contributed by atoms with Gasteiger partial charge in [0.05, 0.1) is 0 Å². The van der Waals surface area contributed by atoms with Crippen molar-refractivity contribution in [3.63, 3.8) is 0 Å². The molecule has 0 heterocycles. The molecule has 0 saturated heterocycles. The van der Waals surface area contributed by atoms with E-state index in [0.717, 1.165) is 0 Å². The summed E-state index contributed by atoms with van der Waals surface area (Å²) in [6.07, 6.45) is 0. The molecule has 1 aromatic rings. The van der Waals surface area contributed by atoms with Gasteiger partial charge in [-0.25, -0.2) is 0 Å². The Balaban J connectivity index is 2.85. The van der Waals surface area contributed by atoms with Crippen LogP contribution in [0.5, 0.6) is 0 Å². The highest BCUT2D eigenvalue weighted by Gasteiger charge is 2.24. The van der Waals surface area contributed by atoms with Crippen LogP contribution < -0.4 is 5.19 Å². The van der Waals surface area contributed by atoms with Crippen molar-refractivity contribution in [2.75, 3.05) is 0 Å². The monoisotopic (exact) mass is 222 g/mol. The third kappa shape index (κ3) is 4.18. The molecular formula is C13H22OSi. The molecule has 2 heteroatoms. The van der Waals surface area contributed by atoms with Crippen LogP contribution >= 0.6 is 0 Å². The van der Waals surface area contributed by atoms with Crippen LogP contribution in [0.1, 0.15) is 34.6 Å². The fourth-order valence-corrected chi connectivity index (χ4v) is 4.15. The van der Waals surface area contributed by atoms with Crippen molar-refractivity contribution in [3.8, 4) is 0 Å². The Morgan fingerprint density at radius 1 is 1.07 bits per heavy atom. The fourth-order valence-electron chi connectivity index (χ4n) is 1.61. The van der Waals surface area contributed by atoms with Crippen LogP contribution in [0.2, 0.25) is 5.54 Å². The maximum atomic E-state index is 6.22. The molecule has 1 unspecified atom stereocenters. The molecule has 0 N–H and O–H groups in total. The quantitative estimate of drug-likeness (QED) is 0.715. The first-order chi connectivity index (χ1) is 6.90. The lowest BCUT2D eigenvalue weighted by atomic mass is 10.2. The topological polar surface area (TPSA) is 9.23 Å². The summed E-state index contributed by atoms with van der Waals surface area (Å²) in [7, 11) is -1.29. The van der Waals surface area contributed by atoms with Crippen LogP contribution in [-0.2, 0) is 4.43 Å². The molecule has 1 nitrogen and oxygen atoms in total. The lowest BCUT2D eigenvalue weighted by Crippen LogP contribution is -2.42. The van der Waals surface area contributed by atoms with Crippen molar-refractivity contribution in [3.05, 3.63) is 30.3 Å². The van der Waals surface area contributed by atoms with E-state index in [1.54, 1.807) is 0 Å². The van der Waals surface area contributed by atoms with Gasteiger partial charge in [-0.1, -0.05) is 44.2 Å². The van der Waals surface area contributed by atoms with E-state index in [0.29, 0.717) is 5.54 Å². The molecule has 1 atom stereocenters. The molecule has 0 bridgehead atoms. The highest BCUT2D eigenvalue weighted by atomic mass is 28.3. The standard InChI is InChI=1S/C13H22OSi/c1-11(2)15(14-13(3,4)5)12-9-7-6-8-10-12/h6-11,15H,1-5H3. The summed E-state index contributed by atoms with van der Waals surface area (Å²) in [5.74, 6) is 0. The van der Waals surface area contributed by atoms with E-state index in [1.165, 1.54) is 5.19 Å². The molecule has 0 saturated carbocycles. The maximum absolute atomic E-state index is 6.22. The normalized spacial score (nSPS) is 14.3. The Morgan fingerprint density at radius 3 is 2.00 bits per heavy atom. The average Bonchev–Trinajstić information content (AvgIpc) is 2.14. The van der Waals surface area contributed by atoms with Crippen LogP contribution in [0.4, 0.5) is 0 Å². The number of hydrogen-bond donors (Lipinski definition) is 0. The summed E-state index contributed by atoms with van der Waals surface area (Å²) in [4.78, 5) is 0. The van der Waals surface area contributed by atoms with Crippen molar-refractivity contribution in [1.29, 1.82) is 0 Å². The van der Waals surface area contributed by atoms with Gasteiger partial charge in [-0.15, -0.1) is 0 Å². The van der Waals surface area contributed by atoms with Crippen molar-refractivity contribution in [2.45, 2.75) is 45.8 Å². The minimum atomic E-state index is -1.29. The van der Waals surface area contributed by atoms with Crippen molar-refractivity contribution in [1.82, 2.24) is 0 Å². The van der Waals surface area contributed by atoms with Crippen LogP contribution in [0, 0.1) is 0 Å². The van der Waals surface area contributed by atoms with E-state index in [1.807, 2.05) is 0 Å². The number of rotatable bonds is 3. The molecule has 0 aliphatic rings. The van der Waals surface area contributed by atoms with E-state index in [2.05, 4.69) is 65.0 Å². The zero-order valence-electron chi connectivity index (χ0n) is 10.4. The van der Waals surface area contributed by atoms with E-state index in [-0.39, 0.29) is 5.60 Å². The molecule has 15 heavy (non-hydrogen) atoms. The molecular weight excluding hydrogens is 200 g/mol. The second-order valence-corrected chi connectivity index (χ2v) is 8.38. The predicted molar refractivity (Wildman–Crippen MR) is 69.2 cm³/mol. The SMILES string of the molecule is CC(C)[SiH](OC(C)(C)C)c1ccccc1. The van der Waals surface area contributed by atoms with Gasteiger partial charge in [0.15, 0.2) is 0 Å². The minimum absolute atomic E-state index is 0.0308. The zero-order valence-corrected chi connectivity index (χ0v) is 11.6. The van der Waals surface area contributed by atoms with Crippen LogP contribution in [0.25, 0.3) is 0 Å². The van der Waals surface area contributed by atoms with Gasteiger partial charge in [0.25, 0.3) is 0 Å². The van der Waals surface area contributed by atoms with E-state index in [9.17, 15) is 0 Å². The molecule has 0 amide bonds. The Bertz CT molecular complexity index is 287. The van der Waals surface area contributed by atoms with E-state index in [4.69, 9.17) is 4.43 Å². The first-order valence-electron chi connectivity index (χ1n) is 5.63. The summed E-state index contributed by atoms with van der Waals surface area (Å²) in [5.41, 5.74) is 0.600. The van der Waals surface area contributed by atoms with Crippen molar-refractivity contribution in [2.24, 2.45) is 0 Å². The first-order valence-corrected chi connectivity index (χ1v) is 7.34. The Kier molecular flexibility index (Phi) is 4.11. The molecule has 1 rings (SSSR count). The van der Waals surface area contributed by atoms with Gasteiger partial charge in [0.2, 0.25) is 9.04 Å². The average molecular weight is 222 g/mol. The van der Waals surface area contributed by atoms with Crippen molar-refractivity contribution >= 4 is 14.2 Å². The predicted octanol–water partition coefficient (Wildman–Crippen LogP) is 2.84. The van der Waals surface area contributed by atoms with Crippen LogP contribution in [-0.4, -0.2) is 14.6 Å². The van der Waals surface area contributed by atoms with Crippen LogP contribution in [0.3, 0.4) is 0 Å². The van der Waals surface area contributed by atoms with Gasteiger partial charge in [-0.3, -0.25) is 0 Å². The van der Waals surface area contributed by atoms with Gasteiger partial charge in [-0.05, 0) is 31.5 Å². The fraction of sp³-hybridized carbons (Fsp3) is 0.538. The van der Waals surface area contributed by atoms with E-state index >= 15 is 0 Å². The second-order valence-electron chi connectivity index (χ2n) is 5.31. The summed E-state index contributed by atoms with van der Waals surface area (Å²) < 4.78 is 6.22. The maximum Gasteiger partial charge on any atom is 0.211 e. The Morgan fingerprint density at radius 2 is 1.60 bits per heavy atom. The highest BCUT2D eigenvalue weighted by molar-refractivity contribution is 6.68. The third-order valence-electron chi connectivity index (χ3n) is 2.21. The van der Waals surface area contributed by atoms with Crippen LogP contribution in [0.15, 0.2) is 30.3 Å². The minimum Gasteiger partial charge on any atom is -0.410 e. The zero-order chi connectivity index (χ0) is 11.5. The second kappa shape index (κ2) is 4.95. The largest absolute Gasteiger partial charge is 0.410 e.